The van der Waals surface area contributed by atoms with Gasteiger partial charge in [0.05, 0.1) is 27.3 Å². The molecule has 8 heteroatoms. The minimum Gasteiger partial charge on any atom is -0.444 e. The monoisotopic (exact) mass is 476 g/mol. The third-order valence-electron chi connectivity index (χ3n) is 6.96. The number of amides is 1. The molecule has 1 aliphatic heterocycles. The molecule has 1 saturated heterocycles. The van der Waals surface area contributed by atoms with E-state index in [1.807, 2.05) is 37.8 Å². The molecule has 3 aliphatic carbocycles. The molecular weight excluding hydrogens is 451 g/mol. The van der Waals surface area contributed by atoms with Gasteiger partial charge in [-0.05, 0) is 64.0 Å². The highest BCUT2D eigenvalue weighted by molar-refractivity contribution is 6.39. The minimum absolute atomic E-state index is 0.0921. The predicted octanol–water partition coefficient (Wildman–Crippen LogP) is 6.34. The second-order valence-corrected chi connectivity index (χ2v) is 11.3. The topological polar surface area (TPSA) is 64.8 Å². The summed E-state index contributed by atoms with van der Waals surface area (Å²) < 4.78 is 17.6. The van der Waals surface area contributed by atoms with Gasteiger partial charge in [0.1, 0.15) is 17.4 Å². The first-order chi connectivity index (χ1) is 15.2. The Morgan fingerprint density at radius 1 is 1.22 bits per heavy atom. The zero-order valence-electron chi connectivity index (χ0n) is 18.4. The van der Waals surface area contributed by atoms with Crippen LogP contribution >= 0.6 is 23.2 Å². The number of benzene rings is 1. The molecule has 1 amide bonds. The summed E-state index contributed by atoms with van der Waals surface area (Å²) in [4.78, 5) is 14.3. The number of hydrogen-bond donors (Lipinski definition) is 0. The summed E-state index contributed by atoms with van der Waals surface area (Å²) in [5, 5.41) is 5.46. The fourth-order valence-electron chi connectivity index (χ4n) is 5.26. The predicted molar refractivity (Wildman–Crippen MR) is 120 cm³/mol. The number of hydrogen-bond acceptors (Lipinski definition) is 5. The van der Waals surface area contributed by atoms with Crippen LogP contribution < -0.4 is 0 Å². The molecule has 6 rings (SSSR count). The molecule has 32 heavy (non-hydrogen) atoms. The fourth-order valence-corrected chi connectivity index (χ4v) is 5.95. The highest BCUT2D eigenvalue weighted by atomic mass is 35.5. The molecule has 2 bridgehead atoms. The van der Waals surface area contributed by atoms with Crippen molar-refractivity contribution in [3.63, 3.8) is 0 Å². The Labute approximate surface area is 197 Å². The number of carbonyl (C=O) groups is 1. The number of piperidine rings is 1. The van der Waals surface area contributed by atoms with Crippen LogP contribution in [0.2, 0.25) is 10.0 Å². The van der Waals surface area contributed by atoms with Crippen molar-refractivity contribution in [1.29, 1.82) is 0 Å². The lowest BCUT2D eigenvalue weighted by atomic mass is 10.0. The summed E-state index contributed by atoms with van der Waals surface area (Å²) >= 11 is 13.2. The van der Waals surface area contributed by atoms with Crippen LogP contribution in [0, 0.1) is 5.92 Å². The van der Waals surface area contributed by atoms with E-state index in [-0.39, 0.29) is 24.3 Å². The summed E-state index contributed by atoms with van der Waals surface area (Å²) in [5.74, 6) is 1.45. The molecule has 0 radical (unpaired) electrons. The summed E-state index contributed by atoms with van der Waals surface area (Å²) in [7, 11) is 0. The summed E-state index contributed by atoms with van der Waals surface area (Å²) in [5.41, 5.74) is 3.15. The van der Waals surface area contributed by atoms with E-state index < -0.39 is 5.60 Å². The average molecular weight is 477 g/mol. The molecule has 2 aromatic rings. The van der Waals surface area contributed by atoms with Crippen molar-refractivity contribution in [2.45, 2.75) is 76.2 Å². The van der Waals surface area contributed by atoms with Gasteiger partial charge in [0.25, 0.3) is 0 Å². The van der Waals surface area contributed by atoms with E-state index in [0.29, 0.717) is 34.2 Å². The maximum absolute atomic E-state index is 12.5. The normalized spacial score (nSPS) is 28.2. The Kier molecular flexibility index (Phi) is 4.63. The lowest BCUT2D eigenvalue weighted by Gasteiger charge is -2.33. The van der Waals surface area contributed by atoms with Gasteiger partial charge in [-0.2, -0.15) is 0 Å². The lowest BCUT2D eigenvalue weighted by Crippen LogP contribution is -2.44. The summed E-state index contributed by atoms with van der Waals surface area (Å²) in [6.07, 6.45) is 3.78. The van der Waals surface area contributed by atoms with Gasteiger partial charge >= 0.3 is 6.09 Å². The minimum atomic E-state index is -0.485. The zero-order chi connectivity index (χ0) is 22.4. The molecule has 0 spiro atoms. The maximum Gasteiger partial charge on any atom is 0.410 e. The number of carbonyl (C=O) groups excluding carboxylic acids is 1. The number of fused-ring (bicyclic) bond motifs is 3. The number of aromatic nitrogens is 1. The number of halogens is 2. The Morgan fingerprint density at radius 3 is 2.66 bits per heavy atom. The largest absolute Gasteiger partial charge is 0.444 e. The first kappa shape index (κ1) is 20.8. The van der Waals surface area contributed by atoms with Crippen LogP contribution in [0.5, 0.6) is 0 Å². The molecule has 2 saturated carbocycles. The van der Waals surface area contributed by atoms with E-state index >= 15 is 0 Å². The van der Waals surface area contributed by atoms with Crippen LogP contribution in [0.4, 0.5) is 4.79 Å². The summed E-state index contributed by atoms with van der Waals surface area (Å²) in [6.45, 7) is 6.35. The third-order valence-corrected chi connectivity index (χ3v) is 7.69. The number of likely N-dealkylation sites (tertiary alicyclic amines) is 1. The van der Waals surface area contributed by atoms with Gasteiger partial charge in [-0.1, -0.05) is 34.4 Å². The Morgan fingerprint density at radius 2 is 2.00 bits per heavy atom. The van der Waals surface area contributed by atoms with Gasteiger partial charge in [-0.15, -0.1) is 0 Å². The molecule has 1 unspecified atom stereocenters. The van der Waals surface area contributed by atoms with Gasteiger partial charge in [0.2, 0.25) is 0 Å². The van der Waals surface area contributed by atoms with E-state index in [4.69, 9.17) is 37.2 Å². The van der Waals surface area contributed by atoms with Crippen LogP contribution in [0.1, 0.15) is 75.3 Å². The molecule has 3 fully saturated rings. The quantitative estimate of drug-likeness (QED) is 0.514. The van der Waals surface area contributed by atoms with E-state index in [1.54, 1.807) is 0 Å². The van der Waals surface area contributed by atoms with Crippen LogP contribution in [0.25, 0.3) is 11.3 Å². The highest BCUT2D eigenvalue weighted by Crippen LogP contribution is 2.56. The Bertz CT molecular complexity index is 1100. The number of nitrogens with zero attached hydrogens (tertiary/aromatic N) is 2. The maximum atomic E-state index is 12.5. The molecular formula is C24H26Cl2N2O4. The number of ether oxygens (including phenoxy) is 2. The fraction of sp³-hybridized carbons (Fsp3) is 0.583. The van der Waals surface area contributed by atoms with Crippen LogP contribution in [0.15, 0.2) is 16.7 Å². The zero-order valence-corrected chi connectivity index (χ0v) is 19.9. The summed E-state index contributed by atoms with van der Waals surface area (Å²) in [6, 6.07) is 4.08. The van der Waals surface area contributed by atoms with Gasteiger partial charge in [-0.3, -0.25) is 0 Å². The van der Waals surface area contributed by atoms with Gasteiger partial charge in [-0.25, -0.2) is 4.79 Å². The molecule has 1 aromatic carbocycles. The molecule has 4 aliphatic rings. The Hall–Kier alpha value is -1.76. The van der Waals surface area contributed by atoms with E-state index in [1.165, 1.54) is 0 Å². The first-order valence-electron chi connectivity index (χ1n) is 11.3. The van der Waals surface area contributed by atoms with Gasteiger partial charge < -0.3 is 18.9 Å². The van der Waals surface area contributed by atoms with Gasteiger partial charge in [0, 0.05) is 18.5 Å². The van der Waals surface area contributed by atoms with Crippen molar-refractivity contribution in [2.75, 3.05) is 6.54 Å². The molecule has 4 atom stereocenters. The van der Waals surface area contributed by atoms with Crippen molar-refractivity contribution in [1.82, 2.24) is 10.1 Å². The Balaban J connectivity index is 1.15. The first-order valence-corrected chi connectivity index (χ1v) is 12.1. The molecule has 2 heterocycles. The smallest absolute Gasteiger partial charge is 0.410 e. The molecule has 170 valence electrons. The second-order valence-electron chi connectivity index (χ2n) is 10.5. The van der Waals surface area contributed by atoms with Gasteiger partial charge in [0.15, 0.2) is 5.76 Å². The van der Waals surface area contributed by atoms with E-state index in [2.05, 4.69) is 5.16 Å². The van der Waals surface area contributed by atoms with Crippen molar-refractivity contribution < 1.29 is 18.8 Å². The standard InChI is InChI=1S/C24H26Cl2N2O4/c1-24(2,3)31-23(29)28-10-12-8-13(28)9-16(12)30-22-18-20(22)27-32-21(18)17-15(25)7-6-14(19(17)26)11-4-5-11/h6-7,11-13,16,22H,4-5,8-10H2,1-3H3/t12-,13-,16+,22?/m1/s1. The van der Waals surface area contributed by atoms with E-state index in [9.17, 15) is 4.79 Å². The van der Waals surface area contributed by atoms with Crippen molar-refractivity contribution in [3.05, 3.63) is 39.0 Å². The number of rotatable bonds is 4. The van der Waals surface area contributed by atoms with Crippen molar-refractivity contribution in [3.8, 4) is 11.3 Å². The second kappa shape index (κ2) is 7.12. The third kappa shape index (κ3) is 3.42. The van der Waals surface area contributed by atoms with Crippen molar-refractivity contribution in [2.24, 2.45) is 5.92 Å². The van der Waals surface area contributed by atoms with Crippen LogP contribution in [-0.2, 0) is 9.47 Å². The lowest BCUT2D eigenvalue weighted by molar-refractivity contribution is -0.0281. The van der Waals surface area contributed by atoms with Crippen LogP contribution in [-0.4, -0.2) is 40.4 Å². The average Bonchev–Trinajstić information content (AvgIpc) is 3.50. The molecule has 0 N–H and O–H groups in total. The van der Waals surface area contributed by atoms with Crippen molar-refractivity contribution >= 4 is 29.3 Å². The SMILES string of the molecule is CC(C)(C)OC(=O)N1C[C@H]2C[C@@H]1C[C@@H]2OC1c2noc(-c3c(Cl)ccc(C4CC4)c3Cl)c21. The van der Waals surface area contributed by atoms with Crippen LogP contribution in [0.3, 0.4) is 0 Å². The van der Waals surface area contributed by atoms with E-state index in [0.717, 1.165) is 48.1 Å². The highest BCUT2D eigenvalue weighted by Gasteiger charge is 2.53. The molecule has 1 aromatic heterocycles. The molecule has 6 nitrogen and oxygen atoms in total.